The Morgan fingerprint density at radius 3 is 2.38 bits per heavy atom. The normalized spacial score (nSPS) is 18.7. The molecular weight excluding hydrogens is 291 g/mol. The molecule has 1 aliphatic rings. The molecule has 0 amide bonds. The maximum atomic E-state index is 13.9. The third-order valence-electron chi connectivity index (χ3n) is 3.62. The van der Waals surface area contributed by atoms with Gasteiger partial charge >= 0.3 is 6.18 Å². The number of rotatable bonds is 4. The molecule has 0 aromatic heterocycles. The molecule has 0 radical (unpaired) electrons. The van der Waals surface area contributed by atoms with Gasteiger partial charge < -0.3 is 5.32 Å². The lowest BCUT2D eigenvalue weighted by atomic mass is 9.98. The molecule has 7 heteroatoms. The molecule has 0 saturated carbocycles. The number of hydrogen-bond donors (Lipinski definition) is 1. The van der Waals surface area contributed by atoms with Gasteiger partial charge in [0.2, 0.25) is 0 Å². The van der Waals surface area contributed by atoms with Gasteiger partial charge in [0.1, 0.15) is 11.6 Å². The standard InChI is InChI=1S/C14H17F5N2/c15-10-1-2-11(12(16)9-10)13(3-4-14(17,18)19)21-7-5-20-6-8-21/h1-2,9,13,20H,3-8H2/t13-/m1/s1. The zero-order chi connectivity index (χ0) is 15.5. The van der Waals surface area contributed by atoms with Crippen molar-refractivity contribution in [3.8, 4) is 0 Å². The topological polar surface area (TPSA) is 15.3 Å². The van der Waals surface area contributed by atoms with E-state index in [1.165, 1.54) is 6.07 Å². The molecule has 2 nitrogen and oxygen atoms in total. The van der Waals surface area contributed by atoms with Gasteiger partial charge in [-0.25, -0.2) is 8.78 Å². The average molecular weight is 308 g/mol. The van der Waals surface area contributed by atoms with Crippen LogP contribution in [0, 0.1) is 11.6 Å². The Bertz CT molecular complexity index is 469. The molecule has 1 heterocycles. The lowest BCUT2D eigenvalue weighted by Gasteiger charge is -2.35. The maximum absolute atomic E-state index is 13.9. The molecule has 0 bridgehead atoms. The number of piperazine rings is 1. The van der Waals surface area contributed by atoms with Crippen LogP contribution in [0.4, 0.5) is 22.0 Å². The average Bonchev–Trinajstić information content (AvgIpc) is 2.41. The number of hydrogen-bond acceptors (Lipinski definition) is 2. The van der Waals surface area contributed by atoms with Crippen molar-refractivity contribution in [2.24, 2.45) is 0 Å². The van der Waals surface area contributed by atoms with E-state index in [0.29, 0.717) is 26.2 Å². The molecule has 0 aliphatic carbocycles. The van der Waals surface area contributed by atoms with Crippen LogP contribution in [0.2, 0.25) is 0 Å². The summed E-state index contributed by atoms with van der Waals surface area (Å²) in [6.45, 7) is 2.37. The summed E-state index contributed by atoms with van der Waals surface area (Å²) in [4.78, 5) is 1.82. The summed E-state index contributed by atoms with van der Waals surface area (Å²) >= 11 is 0. The van der Waals surface area contributed by atoms with E-state index >= 15 is 0 Å². The van der Waals surface area contributed by atoms with Crippen LogP contribution in [0.1, 0.15) is 24.4 Å². The Hall–Kier alpha value is -1.21. The molecule has 2 rings (SSSR count). The summed E-state index contributed by atoms with van der Waals surface area (Å²) in [7, 11) is 0. The molecule has 1 N–H and O–H groups in total. The first kappa shape index (κ1) is 16.2. The second-order valence-corrected chi connectivity index (χ2v) is 5.12. The van der Waals surface area contributed by atoms with Crippen LogP contribution in [-0.4, -0.2) is 37.3 Å². The van der Waals surface area contributed by atoms with Gasteiger partial charge in [0.05, 0.1) is 0 Å². The first-order valence-electron chi connectivity index (χ1n) is 6.83. The van der Waals surface area contributed by atoms with E-state index in [1.54, 1.807) is 0 Å². The third kappa shape index (κ3) is 4.64. The molecular formula is C14H17F5N2. The van der Waals surface area contributed by atoms with Gasteiger partial charge in [0, 0.05) is 50.3 Å². The minimum atomic E-state index is -4.29. The monoisotopic (exact) mass is 308 g/mol. The first-order valence-corrected chi connectivity index (χ1v) is 6.83. The van der Waals surface area contributed by atoms with Crippen LogP contribution >= 0.6 is 0 Å². The Kier molecular flexibility index (Phi) is 5.16. The maximum Gasteiger partial charge on any atom is 0.389 e. The number of alkyl halides is 3. The smallest absolute Gasteiger partial charge is 0.314 e. The molecule has 0 spiro atoms. The van der Waals surface area contributed by atoms with Crippen molar-refractivity contribution in [1.29, 1.82) is 0 Å². The highest BCUT2D eigenvalue weighted by Gasteiger charge is 2.32. The van der Waals surface area contributed by atoms with Gasteiger partial charge in [-0.05, 0) is 12.5 Å². The van der Waals surface area contributed by atoms with Crippen molar-refractivity contribution in [3.63, 3.8) is 0 Å². The van der Waals surface area contributed by atoms with Gasteiger partial charge in [-0.2, -0.15) is 13.2 Å². The fourth-order valence-corrected chi connectivity index (χ4v) is 2.60. The van der Waals surface area contributed by atoms with Crippen LogP contribution < -0.4 is 5.32 Å². The Labute approximate surface area is 119 Å². The predicted molar refractivity (Wildman–Crippen MR) is 68.8 cm³/mol. The largest absolute Gasteiger partial charge is 0.389 e. The van der Waals surface area contributed by atoms with Crippen molar-refractivity contribution in [3.05, 3.63) is 35.4 Å². The lowest BCUT2D eigenvalue weighted by Crippen LogP contribution is -2.45. The summed E-state index contributed by atoms with van der Waals surface area (Å²) in [5, 5.41) is 3.10. The first-order chi connectivity index (χ1) is 9.87. The predicted octanol–water partition coefficient (Wildman–Crippen LogP) is 3.25. The Morgan fingerprint density at radius 1 is 1.14 bits per heavy atom. The molecule has 21 heavy (non-hydrogen) atoms. The highest BCUT2D eigenvalue weighted by molar-refractivity contribution is 5.22. The fraction of sp³-hybridized carbons (Fsp3) is 0.571. The van der Waals surface area contributed by atoms with Gasteiger partial charge in [-0.3, -0.25) is 4.90 Å². The van der Waals surface area contributed by atoms with Crippen LogP contribution in [0.15, 0.2) is 18.2 Å². The number of benzene rings is 1. The van der Waals surface area contributed by atoms with E-state index < -0.39 is 30.3 Å². The van der Waals surface area contributed by atoms with Crippen LogP contribution in [0.3, 0.4) is 0 Å². The second-order valence-electron chi connectivity index (χ2n) is 5.12. The Balaban J connectivity index is 2.21. The van der Waals surface area contributed by atoms with Crippen LogP contribution in [0.5, 0.6) is 0 Å². The quantitative estimate of drug-likeness (QED) is 0.859. The van der Waals surface area contributed by atoms with Gasteiger partial charge in [0.15, 0.2) is 0 Å². The minimum Gasteiger partial charge on any atom is -0.314 e. The molecule has 1 atom stereocenters. The van der Waals surface area contributed by atoms with E-state index in [2.05, 4.69) is 5.32 Å². The van der Waals surface area contributed by atoms with Gasteiger partial charge in [-0.15, -0.1) is 0 Å². The zero-order valence-electron chi connectivity index (χ0n) is 11.4. The SMILES string of the molecule is Fc1ccc([C@@H](CCC(F)(F)F)N2CCNCC2)c(F)c1. The minimum absolute atomic E-state index is 0.127. The zero-order valence-corrected chi connectivity index (χ0v) is 11.4. The van der Waals surface area contributed by atoms with Gasteiger partial charge in [-0.1, -0.05) is 6.07 Å². The van der Waals surface area contributed by atoms with E-state index in [4.69, 9.17) is 0 Å². The second kappa shape index (κ2) is 6.70. The van der Waals surface area contributed by atoms with E-state index in [1.807, 2.05) is 4.90 Å². The highest BCUT2D eigenvalue weighted by Crippen LogP contribution is 2.33. The van der Waals surface area contributed by atoms with Crippen LogP contribution in [0.25, 0.3) is 0 Å². The van der Waals surface area contributed by atoms with Gasteiger partial charge in [0.25, 0.3) is 0 Å². The molecule has 1 aromatic carbocycles. The summed E-state index contributed by atoms with van der Waals surface area (Å²) < 4.78 is 64.3. The van der Waals surface area contributed by atoms with Crippen molar-refractivity contribution < 1.29 is 22.0 Å². The molecule has 118 valence electrons. The number of nitrogens with one attached hydrogen (secondary N) is 1. The molecule has 0 unspecified atom stereocenters. The summed E-state index contributed by atoms with van der Waals surface area (Å²) in [6.07, 6.45) is -5.51. The summed E-state index contributed by atoms with van der Waals surface area (Å²) in [5.41, 5.74) is 0.127. The van der Waals surface area contributed by atoms with Crippen molar-refractivity contribution in [1.82, 2.24) is 10.2 Å². The van der Waals surface area contributed by atoms with Crippen LogP contribution in [-0.2, 0) is 0 Å². The lowest BCUT2D eigenvalue weighted by molar-refractivity contribution is -0.138. The van der Waals surface area contributed by atoms with Crippen molar-refractivity contribution in [2.75, 3.05) is 26.2 Å². The van der Waals surface area contributed by atoms with E-state index in [9.17, 15) is 22.0 Å². The summed E-state index contributed by atoms with van der Waals surface area (Å²) in [5.74, 6) is -1.52. The molecule has 1 aromatic rings. The van der Waals surface area contributed by atoms with E-state index in [-0.39, 0.29) is 12.0 Å². The summed E-state index contributed by atoms with van der Waals surface area (Å²) in [6, 6.07) is 2.36. The fourth-order valence-electron chi connectivity index (χ4n) is 2.60. The Morgan fingerprint density at radius 2 is 1.81 bits per heavy atom. The molecule has 1 saturated heterocycles. The number of nitrogens with zero attached hydrogens (tertiary/aromatic N) is 1. The molecule has 1 fully saturated rings. The highest BCUT2D eigenvalue weighted by atomic mass is 19.4. The number of halogens is 5. The molecule has 1 aliphatic heterocycles. The third-order valence-corrected chi connectivity index (χ3v) is 3.62. The van der Waals surface area contributed by atoms with Crippen molar-refractivity contribution in [2.45, 2.75) is 25.1 Å². The van der Waals surface area contributed by atoms with E-state index in [0.717, 1.165) is 12.1 Å². The van der Waals surface area contributed by atoms with Crippen molar-refractivity contribution >= 4 is 0 Å².